The summed E-state index contributed by atoms with van der Waals surface area (Å²) in [5, 5.41) is 3.11. The second-order valence-corrected chi connectivity index (χ2v) is 4.36. The molecule has 0 aromatic heterocycles. The summed E-state index contributed by atoms with van der Waals surface area (Å²) < 4.78 is 11.2. The summed E-state index contributed by atoms with van der Waals surface area (Å²) in [6.07, 6.45) is 4.41. The Morgan fingerprint density at radius 2 is 2.12 bits per heavy atom. The Labute approximate surface area is 103 Å². The Morgan fingerprint density at radius 3 is 2.76 bits per heavy atom. The second-order valence-electron chi connectivity index (χ2n) is 4.36. The van der Waals surface area contributed by atoms with Crippen LogP contribution in [0.4, 0.5) is 5.69 Å². The van der Waals surface area contributed by atoms with Crippen molar-refractivity contribution >= 4 is 5.69 Å². The molecule has 0 amide bonds. The standard InChI is InChI=1S/C14H21NO2/c1-15-13-7-5-12(6-8-13)9-11-17-14-4-2-3-10-16-14/h5-8,14-15H,2-4,9-11H2,1H3. The van der Waals surface area contributed by atoms with E-state index in [0.29, 0.717) is 0 Å². The van der Waals surface area contributed by atoms with Crippen molar-refractivity contribution in [1.82, 2.24) is 0 Å². The molecule has 1 aromatic rings. The summed E-state index contributed by atoms with van der Waals surface area (Å²) in [6.45, 7) is 1.59. The van der Waals surface area contributed by atoms with Crippen molar-refractivity contribution < 1.29 is 9.47 Å². The quantitative estimate of drug-likeness (QED) is 0.851. The van der Waals surface area contributed by atoms with Crippen molar-refractivity contribution in [2.45, 2.75) is 32.0 Å². The first-order chi connectivity index (χ1) is 8.38. The molecule has 1 aromatic carbocycles. The minimum atomic E-state index is 0.0281. The fraction of sp³-hybridized carbons (Fsp3) is 0.571. The van der Waals surface area contributed by atoms with Crippen LogP contribution in [0.15, 0.2) is 24.3 Å². The van der Waals surface area contributed by atoms with Gasteiger partial charge in [-0.3, -0.25) is 0 Å². The number of anilines is 1. The summed E-state index contributed by atoms with van der Waals surface area (Å²) >= 11 is 0. The largest absolute Gasteiger partial charge is 0.388 e. The fourth-order valence-corrected chi connectivity index (χ4v) is 1.99. The SMILES string of the molecule is CNc1ccc(CCOC2CCCCO2)cc1. The first-order valence-electron chi connectivity index (χ1n) is 6.38. The average molecular weight is 235 g/mol. The van der Waals surface area contributed by atoms with Gasteiger partial charge >= 0.3 is 0 Å². The van der Waals surface area contributed by atoms with Crippen LogP contribution in [-0.4, -0.2) is 26.6 Å². The van der Waals surface area contributed by atoms with Crippen molar-refractivity contribution in [3.8, 4) is 0 Å². The van der Waals surface area contributed by atoms with Gasteiger partial charge in [-0.1, -0.05) is 12.1 Å². The van der Waals surface area contributed by atoms with E-state index in [0.717, 1.165) is 31.7 Å². The summed E-state index contributed by atoms with van der Waals surface area (Å²) in [5.74, 6) is 0. The van der Waals surface area contributed by atoms with Crippen LogP contribution in [0.1, 0.15) is 24.8 Å². The molecule has 0 bridgehead atoms. The number of benzene rings is 1. The van der Waals surface area contributed by atoms with Crippen LogP contribution in [-0.2, 0) is 15.9 Å². The Balaban J connectivity index is 1.69. The van der Waals surface area contributed by atoms with Gasteiger partial charge in [-0.15, -0.1) is 0 Å². The second kappa shape index (κ2) is 6.62. The number of ether oxygens (including phenoxy) is 2. The van der Waals surface area contributed by atoms with E-state index >= 15 is 0 Å². The van der Waals surface area contributed by atoms with Crippen molar-refractivity contribution in [2.24, 2.45) is 0 Å². The molecular formula is C14H21NO2. The smallest absolute Gasteiger partial charge is 0.157 e. The minimum absolute atomic E-state index is 0.0281. The van der Waals surface area contributed by atoms with Crippen molar-refractivity contribution in [1.29, 1.82) is 0 Å². The van der Waals surface area contributed by atoms with Crippen LogP contribution in [0.25, 0.3) is 0 Å². The topological polar surface area (TPSA) is 30.5 Å². The number of hydrogen-bond donors (Lipinski definition) is 1. The molecule has 94 valence electrons. The highest BCUT2D eigenvalue weighted by Crippen LogP contribution is 2.14. The van der Waals surface area contributed by atoms with Crippen molar-refractivity contribution in [3.05, 3.63) is 29.8 Å². The molecule has 1 fully saturated rings. The number of rotatable bonds is 5. The van der Waals surface area contributed by atoms with Gasteiger partial charge < -0.3 is 14.8 Å². The van der Waals surface area contributed by atoms with Crippen LogP contribution in [0.3, 0.4) is 0 Å². The molecule has 17 heavy (non-hydrogen) atoms. The first-order valence-corrected chi connectivity index (χ1v) is 6.38. The average Bonchev–Trinajstić information content (AvgIpc) is 2.41. The van der Waals surface area contributed by atoms with Crippen molar-refractivity contribution in [3.63, 3.8) is 0 Å². The van der Waals surface area contributed by atoms with Gasteiger partial charge in [-0.25, -0.2) is 0 Å². The Bertz CT molecular complexity index is 317. The first kappa shape index (κ1) is 12.4. The maximum Gasteiger partial charge on any atom is 0.157 e. The lowest BCUT2D eigenvalue weighted by atomic mass is 10.1. The zero-order chi connectivity index (χ0) is 11.9. The summed E-state index contributed by atoms with van der Waals surface area (Å²) in [7, 11) is 1.93. The van der Waals surface area contributed by atoms with E-state index in [9.17, 15) is 0 Å². The predicted molar refractivity (Wildman–Crippen MR) is 69.2 cm³/mol. The van der Waals surface area contributed by atoms with E-state index in [1.807, 2.05) is 7.05 Å². The van der Waals surface area contributed by atoms with Crippen molar-refractivity contribution in [2.75, 3.05) is 25.6 Å². The molecule has 1 aliphatic heterocycles. The molecule has 0 radical (unpaired) electrons. The monoisotopic (exact) mass is 235 g/mol. The molecule has 0 saturated carbocycles. The Kier molecular flexibility index (Phi) is 4.83. The Morgan fingerprint density at radius 1 is 1.29 bits per heavy atom. The highest BCUT2D eigenvalue weighted by Gasteiger charge is 2.13. The van der Waals surface area contributed by atoms with Crippen LogP contribution >= 0.6 is 0 Å². The molecule has 1 aliphatic rings. The molecule has 2 rings (SSSR count). The van der Waals surface area contributed by atoms with E-state index in [4.69, 9.17) is 9.47 Å². The Hall–Kier alpha value is -1.06. The van der Waals surface area contributed by atoms with Gasteiger partial charge in [-0.05, 0) is 43.4 Å². The molecular weight excluding hydrogens is 214 g/mol. The molecule has 1 heterocycles. The normalized spacial score (nSPS) is 20.2. The van der Waals surface area contributed by atoms with Gasteiger partial charge in [0.1, 0.15) is 0 Å². The molecule has 3 heteroatoms. The van der Waals surface area contributed by atoms with Gasteiger partial charge in [-0.2, -0.15) is 0 Å². The molecule has 3 nitrogen and oxygen atoms in total. The zero-order valence-electron chi connectivity index (χ0n) is 10.4. The zero-order valence-corrected chi connectivity index (χ0v) is 10.4. The van der Waals surface area contributed by atoms with Gasteiger partial charge in [0.05, 0.1) is 6.61 Å². The number of nitrogens with one attached hydrogen (secondary N) is 1. The van der Waals surface area contributed by atoms with Gasteiger partial charge in [0.15, 0.2) is 6.29 Å². The van der Waals surface area contributed by atoms with Crippen LogP contribution in [0.2, 0.25) is 0 Å². The number of hydrogen-bond acceptors (Lipinski definition) is 3. The maximum absolute atomic E-state index is 5.71. The molecule has 0 aliphatic carbocycles. The van der Waals surface area contributed by atoms with Gasteiger partial charge in [0.2, 0.25) is 0 Å². The van der Waals surface area contributed by atoms with Crippen LogP contribution < -0.4 is 5.32 Å². The fourth-order valence-electron chi connectivity index (χ4n) is 1.99. The highest BCUT2D eigenvalue weighted by atomic mass is 16.7. The van der Waals surface area contributed by atoms with E-state index in [-0.39, 0.29) is 6.29 Å². The summed E-state index contributed by atoms with van der Waals surface area (Å²) in [4.78, 5) is 0. The third kappa shape index (κ3) is 4.02. The molecule has 1 unspecified atom stereocenters. The lowest BCUT2D eigenvalue weighted by Gasteiger charge is -2.22. The molecule has 0 spiro atoms. The van der Waals surface area contributed by atoms with E-state index < -0.39 is 0 Å². The van der Waals surface area contributed by atoms with Gasteiger partial charge in [0, 0.05) is 19.3 Å². The minimum Gasteiger partial charge on any atom is -0.388 e. The van der Waals surface area contributed by atoms with Gasteiger partial charge in [0.25, 0.3) is 0 Å². The van der Waals surface area contributed by atoms with Crippen LogP contribution in [0.5, 0.6) is 0 Å². The summed E-state index contributed by atoms with van der Waals surface area (Å²) in [5.41, 5.74) is 2.45. The molecule has 1 atom stereocenters. The third-order valence-electron chi connectivity index (χ3n) is 3.07. The van der Waals surface area contributed by atoms with E-state index in [1.54, 1.807) is 0 Å². The lowest BCUT2D eigenvalue weighted by molar-refractivity contribution is -0.161. The third-order valence-corrected chi connectivity index (χ3v) is 3.07. The van der Waals surface area contributed by atoms with E-state index in [2.05, 4.69) is 29.6 Å². The molecule has 1 N–H and O–H groups in total. The van der Waals surface area contributed by atoms with Crippen LogP contribution in [0, 0.1) is 0 Å². The predicted octanol–water partition coefficient (Wildman–Crippen LogP) is 2.81. The summed E-state index contributed by atoms with van der Waals surface area (Å²) in [6, 6.07) is 8.45. The van der Waals surface area contributed by atoms with E-state index in [1.165, 1.54) is 18.4 Å². The lowest BCUT2D eigenvalue weighted by Crippen LogP contribution is -2.23. The molecule has 1 saturated heterocycles. The highest BCUT2D eigenvalue weighted by molar-refractivity contribution is 5.43. The maximum atomic E-state index is 5.71.